The van der Waals surface area contributed by atoms with E-state index < -0.39 is 5.60 Å². The third-order valence-corrected chi connectivity index (χ3v) is 3.63. The normalized spacial score (nSPS) is 21.6. The van der Waals surface area contributed by atoms with Crippen LogP contribution < -0.4 is 0 Å². The summed E-state index contributed by atoms with van der Waals surface area (Å²) in [5.41, 5.74) is 0.437. The van der Waals surface area contributed by atoms with Gasteiger partial charge in [0.15, 0.2) is 0 Å². The van der Waals surface area contributed by atoms with Crippen LogP contribution in [0.4, 0.5) is 0 Å². The first-order chi connectivity index (χ1) is 8.55. The highest BCUT2D eigenvalue weighted by Crippen LogP contribution is 2.36. The second-order valence-corrected chi connectivity index (χ2v) is 4.83. The lowest BCUT2D eigenvalue weighted by Crippen LogP contribution is -2.29. The van der Waals surface area contributed by atoms with Crippen LogP contribution in [0.3, 0.4) is 0 Å². The van der Waals surface area contributed by atoms with Gasteiger partial charge in [0.1, 0.15) is 0 Å². The van der Waals surface area contributed by atoms with Gasteiger partial charge in [-0.1, -0.05) is 24.3 Å². The molecule has 0 aromatic heterocycles. The summed E-state index contributed by atoms with van der Waals surface area (Å²) in [4.78, 5) is 11.3. The number of aliphatic hydroxyl groups is 1. The summed E-state index contributed by atoms with van der Waals surface area (Å²) in [6.07, 6.45) is 6.14. The molecule has 0 bridgehead atoms. The first-order valence-electron chi connectivity index (χ1n) is 6.13. The van der Waals surface area contributed by atoms with Crippen molar-refractivity contribution in [3.05, 3.63) is 47.5 Å². The predicted octanol–water partition coefficient (Wildman–Crippen LogP) is 2.65. The van der Waals surface area contributed by atoms with Crippen molar-refractivity contribution in [2.24, 2.45) is 5.92 Å². The highest BCUT2D eigenvalue weighted by molar-refractivity contribution is 5.89. The number of rotatable bonds is 3. The number of methoxy groups -OCH3 is 1. The van der Waals surface area contributed by atoms with Crippen LogP contribution in [-0.2, 0) is 10.3 Å². The largest absolute Gasteiger partial charge is 0.465 e. The highest BCUT2D eigenvalue weighted by atomic mass is 16.5. The molecule has 0 heterocycles. The summed E-state index contributed by atoms with van der Waals surface area (Å²) < 4.78 is 4.65. The van der Waals surface area contributed by atoms with Gasteiger partial charge in [-0.2, -0.15) is 0 Å². The molecular weight excluding hydrogens is 228 g/mol. The molecule has 0 amide bonds. The Labute approximate surface area is 107 Å². The van der Waals surface area contributed by atoms with E-state index in [4.69, 9.17) is 0 Å². The van der Waals surface area contributed by atoms with Crippen LogP contribution in [0.1, 0.15) is 35.7 Å². The van der Waals surface area contributed by atoms with Gasteiger partial charge >= 0.3 is 5.97 Å². The van der Waals surface area contributed by atoms with Crippen LogP contribution in [-0.4, -0.2) is 18.2 Å². The smallest absolute Gasteiger partial charge is 0.337 e. The molecule has 3 heteroatoms. The minimum absolute atomic E-state index is 0.140. The summed E-state index contributed by atoms with van der Waals surface area (Å²) in [7, 11) is 1.36. The summed E-state index contributed by atoms with van der Waals surface area (Å²) in [5.74, 6) is -0.219. The lowest BCUT2D eigenvalue weighted by atomic mass is 9.82. The molecule has 1 aromatic carbocycles. The lowest BCUT2D eigenvalue weighted by Gasteiger charge is -2.29. The maximum absolute atomic E-state index is 11.3. The van der Waals surface area contributed by atoms with E-state index in [-0.39, 0.29) is 11.9 Å². The zero-order chi connectivity index (χ0) is 13.2. The molecule has 1 aliphatic carbocycles. The Morgan fingerprint density at radius 2 is 2.06 bits per heavy atom. The molecule has 2 atom stereocenters. The van der Waals surface area contributed by atoms with E-state index >= 15 is 0 Å². The number of esters is 1. The van der Waals surface area contributed by atoms with Crippen molar-refractivity contribution in [2.75, 3.05) is 7.11 Å². The van der Waals surface area contributed by atoms with E-state index in [1.807, 2.05) is 6.92 Å². The van der Waals surface area contributed by atoms with E-state index in [0.29, 0.717) is 5.56 Å². The van der Waals surface area contributed by atoms with Crippen molar-refractivity contribution in [2.45, 2.75) is 25.4 Å². The standard InChI is InChI=1S/C15H18O3/c1-15(17,12-5-3-4-6-12)13-9-7-11(8-10-13)14(16)18-2/h3,5,7-10,12,17H,4,6H2,1-2H3/t12-,15-/m0/s1. The van der Waals surface area contributed by atoms with Crippen LogP contribution in [0.5, 0.6) is 0 Å². The first kappa shape index (κ1) is 12.8. The molecule has 0 saturated heterocycles. The Morgan fingerprint density at radius 1 is 1.39 bits per heavy atom. The predicted molar refractivity (Wildman–Crippen MR) is 69.2 cm³/mol. The Hall–Kier alpha value is -1.61. The molecule has 3 nitrogen and oxygen atoms in total. The van der Waals surface area contributed by atoms with Gasteiger partial charge in [0.05, 0.1) is 18.3 Å². The zero-order valence-electron chi connectivity index (χ0n) is 10.7. The van der Waals surface area contributed by atoms with E-state index in [1.54, 1.807) is 24.3 Å². The topological polar surface area (TPSA) is 46.5 Å². The van der Waals surface area contributed by atoms with Crippen molar-refractivity contribution in [1.82, 2.24) is 0 Å². The van der Waals surface area contributed by atoms with Crippen LogP contribution >= 0.6 is 0 Å². The molecule has 1 aliphatic rings. The van der Waals surface area contributed by atoms with E-state index in [2.05, 4.69) is 16.9 Å². The van der Waals surface area contributed by atoms with Crippen molar-refractivity contribution in [1.29, 1.82) is 0 Å². The minimum atomic E-state index is -0.887. The van der Waals surface area contributed by atoms with Gasteiger partial charge in [-0.25, -0.2) is 4.79 Å². The quantitative estimate of drug-likeness (QED) is 0.658. The highest BCUT2D eigenvalue weighted by Gasteiger charge is 2.33. The van der Waals surface area contributed by atoms with Crippen molar-refractivity contribution >= 4 is 5.97 Å². The maximum Gasteiger partial charge on any atom is 0.337 e. The number of hydrogen-bond donors (Lipinski definition) is 1. The van der Waals surface area contributed by atoms with E-state index in [1.165, 1.54) is 7.11 Å². The fraction of sp³-hybridized carbons (Fsp3) is 0.400. The Kier molecular flexibility index (Phi) is 3.53. The average molecular weight is 246 g/mol. The molecule has 0 spiro atoms. The number of carbonyl (C=O) groups excluding carboxylic acids is 1. The average Bonchev–Trinajstić information content (AvgIpc) is 2.92. The second kappa shape index (κ2) is 4.94. The molecule has 1 aromatic rings. The lowest BCUT2D eigenvalue weighted by molar-refractivity contribution is 0.0134. The van der Waals surface area contributed by atoms with Crippen molar-refractivity contribution in [3.8, 4) is 0 Å². The first-order valence-corrected chi connectivity index (χ1v) is 6.13. The van der Waals surface area contributed by atoms with Crippen molar-refractivity contribution < 1.29 is 14.6 Å². The third-order valence-electron chi connectivity index (χ3n) is 3.63. The molecule has 0 radical (unpaired) electrons. The number of hydrogen-bond acceptors (Lipinski definition) is 3. The summed E-state index contributed by atoms with van der Waals surface area (Å²) in [5, 5.41) is 10.6. The summed E-state index contributed by atoms with van der Waals surface area (Å²) in [6.45, 7) is 1.82. The van der Waals surface area contributed by atoms with Crippen molar-refractivity contribution in [3.63, 3.8) is 0 Å². The third kappa shape index (κ3) is 2.31. The fourth-order valence-electron chi connectivity index (χ4n) is 2.38. The van der Waals surface area contributed by atoms with Gasteiger partial charge in [0.25, 0.3) is 0 Å². The van der Waals surface area contributed by atoms with Gasteiger partial charge in [-0.05, 0) is 37.5 Å². The molecule has 96 valence electrons. The Morgan fingerprint density at radius 3 is 2.56 bits per heavy atom. The Balaban J connectivity index is 2.23. The molecule has 0 aliphatic heterocycles. The summed E-state index contributed by atoms with van der Waals surface area (Å²) in [6, 6.07) is 6.96. The van der Waals surface area contributed by atoms with Gasteiger partial charge < -0.3 is 9.84 Å². The molecule has 18 heavy (non-hydrogen) atoms. The number of ether oxygens (including phenoxy) is 1. The minimum Gasteiger partial charge on any atom is -0.465 e. The van der Waals surface area contributed by atoms with Gasteiger partial charge in [0.2, 0.25) is 0 Å². The van der Waals surface area contributed by atoms with E-state index in [9.17, 15) is 9.90 Å². The van der Waals surface area contributed by atoms with E-state index in [0.717, 1.165) is 18.4 Å². The van der Waals surface area contributed by atoms with Gasteiger partial charge in [-0.3, -0.25) is 0 Å². The molecule has 2 rings (SSSR count). The molecular formula is C15H18O3. The molecule has 0 unspecified atom stereocenters. The van der Waals surface area contributed by atoms with Crippen LogP contribution in [0.2, 0.25) is 0 Å². The fourth-order valence-corrected chi connectivity index (χ4v) is 2.38. The van der Waals surface area contributed by atoms with Crippen LogP contribution in [0.25, 0.3) is 0 Å². The summed E-state index contributed by atoms with van der Waals surface area (Å²) >= 11 is 0. The van der Waals surface area contributed by atoms with Gasteiger partial charge in [0, 0.05) is 5.92 Å². The number of allylic oxidation sites excluding steroid dienone is 1. The SMILES string of the molecule is COC(=O)c1ccc([C@@](C)(O)[C@H]2C=CCC2)cc1. The molecule has 0 saturated carbocycles. The van der Waals surface area contributed by atoms with Gasteiger partial charge in [-0.15, -0.1) is 0 Å². The maximum atomic E-state index is 11.3. The zero-order valence-corrected chi connectivity index (χ0v) is 10.7. The van der Waals surface area contributed by atoms with Crippen LogP contribution in [0, 0.1) is 5.92 Å². The molecule has 1 N–H and O–H groups in total. The molecule has 0 fully saturated rings. The number of benzene rings is 1. The Bertz CT molecular complexity index is 457. The number of carbonyl (C=O) groups is 1. The monoisotopic (exact) mass is 246 g/mol. The second-order valence-electron chi connectivity index (χ2n) is 4.83. The van der Waals surface area contributed by atoms with Crippen LogP contribution in [0.15, 0.2) is 36.4 Å².